The summed E-state index contributed by atoms with van der Waals surface area (Å²) in [5.74, 6) is 0.810. The topological polar surface area (TPSA) is 76.3 Å². The lowest BCUT2D eigenvalue weighted by atomic mass is 10.1. The van der Waals surface area contributed by atoms with Crippen LogP contribution in [0.25, 0.3) is 11.0 Å². The number of fused-ring (bicyclic) bond motifs is 1. The number of aryl methyl sites for hydroxylation is 1. The average molecular weight is 318 g/mol. The van der Waals surface area contributed by atoms with Gasteiger partial charge >= 0.3 is 5.82 Å². The molecule has 2 aromatic rings. The molecule has 0 spiro atoms. The van der Waals surface area contributed by atoms with Crippen molar-refractivity contribution in [1.82, 2.24) is 14.8 Å². The Morgan fingerprint density at radius 3 is 2.83 bits per heavy atom. The third kappa shape index (κ3) is 3.44. The summed E-state index contributed by atoms with van der Waals surface area (Å²) in [6.07, 6.45) is 4.22. The highest BCUT2D eigenvalue weighted by atomic mass is 16.5. The first-order valence-corrected chi connectivity index (χ1v) is 8.20. The summed E-state index contributed by atoms with van der Waals surface area (Å²) in [5.41, 5.74) is 0.544. The maximum Gasteiger partial charge on any atom is 0.367 e. The number of benzene rings is 1. The van der Waals surface area contributed by atoms with Crippen LogP contribution in [0.5, 0.6) is 5.75 Å². The van der Waals surface area contributed by atoms with Gasteiger partial charge in [0.05, 0.1) is 11.5 Å². The van der Waals surface area contributed by atoms with Crippen molar-refractivity contribution in [3.05, 3.63) is 34.1 Å². The monoisotopic (exact) mass is 318 g/mol. The largest absolute Gasteiger partial charge is 0.772 e. The quantitative estimate of drug-likeness (QED) is 0.785. The van der Waals surface area contributed by atoms with Crippen LogP contribution in [-0.2, 0) is 6.42 Å². The van der Waals surface area contributed by atoms with Crippen molar-refractivity contribution < 1.29 is 9.16 Å². The number of ether oxygens (including phenoxy) is 1. The van der Waals surface area contributed by atoms with E-state index in [-0.39, 0.29) is 11.3 Å². The zero-order valence-electron chi connectivity index (χ0n) is 13.4. The standard InChI is InChI=1S/C16H22N4O3/c1-2-16-17-20(22)14-7-6-13(12-15(14)19(16)21)23-11-10-18-8-4-3-5-9-18/h6-7,12H,2-5,8-11H2,1H3. The van der Waals surface area contributed by atoms with Crippen LogP contribution in [0.15, 0.2) is 18.2 Å². The lowest BCUT2D eigenvalue weighted by Gasteiger charge is -2.26. The van der Waals surface area contributed by atoms with E-state index in [0.29, 0.717) is 33.6 Å². The number of hydrogen-bond donors (Lipinski definition) is 0. The molecule has 1 aromatic carbocycles. The Morgan fingerprint density at radius 2 is 2.09 bits per heavy atom. The molecule has 3 rings (SSSR count). The molecule has 0 N–H and O–H groups in total. The molecular formula is C16H22N4O3. The maximum atomic E-state index is 12.2. The molecule has 0 atom stereocenters. The van der Waals surface area contributed by atoms with Gasteiger partial charge in [0, 0.05) is 17.0 Å². The molecule has 0 aliphatic carbocycles. The molecule has 1 aliphatic rings. The molecular weight excluding hydrogens is 296 g/mol. The van der Waals surface area contributed by atoms with E-state index in [9.17, 15) is 10.1 Å². The fraction of sp³-hybridized carbons (Fsp3) is 0.562. The second-order valence-electron chi connectivity index (χ2n) is 5.84. The van der Waals surface area contributed by atoms with Crippen molar-refractivity contribution in [2.45, 2.75) is 32.6 Å². The van der Waals surface area contributed by atoms with Crippen LogP contribution in [0, 0.1) is 10.1 Å². The fourth-order valence-corrected chi connectivity index (χ4v) is 2.95. The average Bonchev–Trinajstić information content (AvgIpc) is 2.59. The van der Waals surface area contributed by atoms with E-state index in [0.717, 1.165) is 19.6 Å². The molecule has 0 saturated carbocycles. The van der Waals surface area contributed by atoms with Crippen molar-refractivity contribution in [2.24, 2.45) is 0 Å². The summed E-state index contributed by atoms with van der Waals surface area (Å²) < 4.78 is 6.47. The van der Waals surface area contributed by atoms with Gasteiger partial charge in [-0.05, 0) is 38.1 Å². The van der Waals surface area contributed by atoms with Gasteiger partial charge in [0.2, 0.25) is 5.52 Å². The van der Waals surface area contributed by atoms with Crippen LogP contribution >= 0.6 is 0 Å². The van der Waals surface area contributed by atoms with Gasteiger partial charge in [-0.3, -0.25) is 4.90 Å². The normalized spacial score (nSPS) is 15.9. The Bertz CT molecular complexity index is 738. The Kier molecular flexibility index (Phi) is 4.76. The number of nitrogens with zero attached hydrogens (tertiary/aromatic N) is 4. The number of hydrogen-bond acceptors (Lipinski definition) is 5. The van der Waals surface area contributed by atoms with Crippen LogP contribution in [0.1, 0.15) is 32.0 Å². The first-order chi connectivity index (χ1) is 11.2. The van der Waals surface area contributed by atoms with Crippen molar-refractivity contribution in [2.75, 3.05) is 26.2 Å². The fourth-order valence-electron chi connectivity index (χ4n) is 2.95. The van der Waals surface area contributed by atoms with E-state index in [1.165, 1.54) is 19.3 Å². The third-order valence-electron chi connectivity index (χ3n) is 4.25. The van der Waals surface area contributed by atoms with E-state index < -0.39 is 0 Å². The number of piperidine rings is 1. The predicted molar refractivity (Wildman–Crippen MR) is 87.0 cm³/mol. The summed E-state index contributed by atoms with van der Waals surface area (Å²) >= 11 is 0. The minimum Gasteiger partial charge on any atom is -0.772 e. The zero-order valence-corrected chi connectivity index (χ0v) is 13.4. The summed E-state index contributed by atoms with van der Waals surface area (Å²) in [7, 11) is 0. The molecule has 1 fully saturated rings. The number of aromatic nitrogens is 3. The van der Waals surface area contributed by atoms with Crippen LogP contribution in [0.3, 0.4) is 0 Å². The maximum absolute atomic E-state index is 12.2. The first-order valence-electron chi connectivity index (χ1n) is 8.20. The highest BCUT2D eigenvalue weighted by Crippen LogP contribution is 2.17. The summed E-state index contributed by atoms with van der Waals surface area (Å²) in [6.45, 7) is 5.51. The lowest BCUT2D eigenvalue weighted by Crippen LogP contribution is -2.33. The molecule has 7 nitrogen and oxygen atoms in total. The van der Waals surface area contributed by atoms with Gasteiger partial charge in [-0.1, -0.05) is 18.3 Å². The van der Waals surface area contributed by atoms with Gasteiger partial charge in [-0.2, -0.15) is 4.85 Å². The minimum absolute atomic E-state index is 0.206. The van der Waals surface area contributed by atoms with Crippen molar-refractivity contribution in [3.8, 4) is 5.75 Å². The molecule has 1 aromatic heterocycles. The second kappa shape index (κ2) is 6.95. The van der Waals surface area contributed by atoms with E-state index in [2.05, 4.69) is 10.00 Å². The van der Waals surface area contributed by atoms with E-state index in [4.69, 9.17) is 4.74 Å². The van der Waals surface area contributed by atoms with Gasteiger partial charge < -0.3 is 9.94 Å². The molecule has 0 unspecified atom stereocenters. The van der Waals surface area contributed by atoms with Gasteiger partial charge in [0.15, 0.2) is 0 Å². The van der Waals surface area contributed by atoms with Gasteiger partial charge in [-0.15, -0.1) is 0 Å². The Hall–Kier alpha value is -2.15. The highest BCUT2D eigenvalue weighted by molar-refractivity contribution is 5.73. The molecule has 0 amide bonds. The van der Waals surface area contributed by atoms with Crippen LogP contribution in [-0.4, -0.2) is 41.1 Å². The van der Waals surface area contributed by atoms with E-state index in [1.54, 1.807) is 25.1 Å². The molecule has 0 bridgehead atoms. The first kappa shape index (κ1) is 15.7. The van der Waals surface area contributed by atoms with E-state index in [1.807, 2.05) is 0 Å². The molecule has 7 heteroatoms. The molecule has 2 heterocycles. The zero-order chi connectivity index (χ0) is 16.2. The summed E-state index contributed by atoms with van der Waals surface area (Å²) in [6, 6.07) is 4.91. The van der Waals surface area contributed by atoms with Crippen LogP contribution in [0.2, 0.25) is 0 Å². The molecule has 0 radical (unpaired) electrons. The molecule has 1 saturated heterocycles. The Morgan fingerprint density at radius 1 is 1.30 bits per heavy atom. The molecule has 23 heavy (non-hydrogen) atoms. The predicted octanol–water partition coefficient (Wildman–Crippen LogP) is 1.72. The third-order valence-corrected chi connectivity index (χ3v) is 4.25. The smallest absolute Gasteiger partial charge is 0.367 e. The summed E-state index contributed by atoms with van der Waals surface area (Å²) in [5, 5.41) is 15.6. The van der Waals surface area contributed by atoms with Gasteiger partial charge in [0.25, 0.3) is 0 Å². The van der Waals surface area contributed by atoms with Gasteiger partial charge in [-0.25, -0.2) is 0 Å². The van der Waals surface area contributed by atoms with Gasteiger partial charge in [0.1, 0.15) is 17.9 Å². The molecule has 124 valence electrons. The van der Waals surface area contributed by atoms with Crippen LogP contribution < -0.4 is 9.16 Å². The highest BCUT2D eigenvalue weighted by Gasteiger charge is 2.16. The Balaban J connectivity index is 1.74. The number of rotatable bonds is 5. The van der Waals surface area contributed by atoms with Crippen molar-refractivity contribution >= 4 is 11.0 Å². The second-order valence-corrected chi connectivity index (χ2v) is 5.84. The number of likely N-dealkylation sites (tertiary alicyclic amines) is 1. The lowest BCUT2D eigenvalue weighted by molar-refractivity contribution is -0.480. The van der Waals surface area contributed by atoms with Crippen molar-refractivity contribution in [1.29, 1.82) is 0 Å². The molecule has 1 aliphatic heterocycles. The van der Waals surface area contributed by atoms with Crippen LogP contribution in [0.4, 0.5) is 0 Å². The SMILES string of the molecule is CCc1nn([O-])c2ccc(OCCN3CCCCC3)cc2[n+]1=O. The summed E-state index contributed by atoms with van der Waals surface area (Å²) in [4.78, 5) is 15.1. The van der Waals surface area contributed by atoms with E-state index >= 15 is 0 Å². The minimum atomic E-state index is 0.206. The van der Waals surface area contributed by atoms with Crippen molar-refractivity contribution in [3.63, 3.8) is 0 Å². The Labute approximate surface area is 134 Å².